The second-order valence-electron chi connectivity index (χ2n) is 8.54. The quantitative estimate of drug-likeness (QED) is 0.563. The topological polar surface area (TPSA) is 125 Å². The van der Waals surface area contributed by atoms with Crippen molar-refractivity contribution in [1.29, 1.82) is 0 Å². The van der Waals surface area contributed by atoms with Gasteiger partial charge in [-0.1, -0.05) is 18.2 Å². The summed E-state index contributed by atoms with van der Waals surface area (Å²) in [5, 5.41) is 6.63. The molecule has 184 valence electrons. The number of fused-ring (bicyclic) bond motifs is 3. The van der Waals surface area contributed by atoms with Crippen molar-refractivity contribution >= 4 is 46.7 Å². The van der Waals surface area contributed by atoms with Gasteiger partial charge in [0.05, 0.1) is 11.3 Å². The fourth-order valence-electron chi connectivity index (χ4n) is 4.58. The van der Waals surface area contributed by atoms with Crippen LogP contribution in [0, 0.1) is 0 Å². The Kier molecular flexibility index (Phi) is 6.88. The van der Waals surface area contributed by atoms with Crippen LogP contribution in [0.3, 0.4) is 0 Å². The number of urea groups is 1. The molecule has 1 saturated heterocycles. The molecule has 5 amide bonds. The Balaban J connectivity index is 1.44. The van der Waals surface area contributed by atoms with Gasteiger partial charge in [-0.25, -0.2) is 9.59 Å². The first-order chi connectivity index (χ1) is 16.8. The van der Waals surface area contributed by atoms with E-state index in [1.54, 1.807) is 49.4 Å². The molecule has 10 nitrogen and oxygen atoms in total. The fraction of sp³-hybridized carbons (Fsp3) is 0.375. The first kappa shape index (κ1) is 24.4. The van der Waals surface area contributed by atoms with E-state index < -0.39 is 42.1 Å². The molecule has 3 heterocycles. The van der Waals surface area contributed by atoms with Gasteiger partial charge in [-0.2, -0.15) is 0 Å². The molecule has 0 spiro atoms. The summed E-state index contributed by atoms with van der Waals surface area (Å²) in [6.45, 7) is 3.09. The summed E-state index contributed by atoms with van der Waals surface area (Å²) in [4.78, 5) is 67.6. The van der Waals surface area contributed by atoms with Crippen molar-refractivity contribution in [2.45, 2.75) is 44.8 Å². The van der Waals surface area contributed by atoms with E-state index in [1.807, 2.05) is 17.5 Å². The zero-order valence-corrected chi connectivity index (χ0v) is 20.2. The lowest BCUT2D eigenvalue weighted by Gasteiger charge is -2.50. The lowest BCUT2D eigenvalue weighted by molar-refractivity contribution is -0.160. The minimum atomic E-state index is -1.69. The summed E-state index contributed by atoms with van der Waals surface area (Å²) < 4.78 is 5.29. The highest BCUT2D eigenvalue weighted by Crippen LogP contribution is 2.45. The molecule has 2 aliphatic heterocycles. The molecule has 2 aromatic rings. The van der Waals surface area contributed by atoms with Crippen molar-refractivity contribution in [2.24, 2.45) is 0 Å². The number of hydrogen-bond acceptors (Lipinski definition) is 7. The second-order valence-corrected chi connectivity index (χ2v) is 9.57. The summed E-state index contributed by atoms with van der Waals surface area (Å²) >= 11 is 1.57. The number of carbonyl (C=O) groups is 5. The first-order valence-corrected chi connectivity index (χ1v) is 12.2. The maximum Gasteiger partial charge on any atom is 0.354 e. The number of imide groups is 1. The number of benzene rings is 1. The van der Waals surface area contributed by atoms with Crippen molar-refractivity contribution < 1.29 is 28.7 Å². The number of thiophene rings is 1. The van der Waals surface area contributed by atoms with Gasteiger partial charge in [-0.05, 0) is 43.8 Å². The average molecular weight is 499 g/mol. The van der Waals surface area contributed by atoms with Gasteiger partial charge in [0.1, 0.15) is 0 Å². The van der Waals surface area contributed by atoms with Crippen LogP contribution in [0.1, 0.15) is 41.9 Å². The number of ether oxygens (including phenoxy) is 1. The molecule has 0 radical (unpaired) electrons. The minimum Gasteiger partial charge on any atom is -0.452 e. The van der Waals surface area contributed by atoms with Crippen molar-refractivity contribution in [1.82, 2.24) is 15.5 Å². The molecule has 0 aliphatic carbocycles. The molecule has 2 aliphatic rings. The van der Waals surface area contributed by atoms with Crippen LogP contribution in [0.15, 0.2) is 41.8 Å². The van der Waals surface area contributed by atoms with Crippen LogP contribution < -0.4 is 15.5 Å². The van der Waals surface area contributed by atoms with Crippen LogP contribution in [0.4, 0.5) is 10.5 Å². The van der Waals surface area contributed by atoms with Crippen molar-refractivity contribution in [2.75, 3.05) is 18.1 Å². The highest BCUT2D eigenvalue weighted by Gasteiger charge is 2.62. The highest BCUT2D eigenvalue weighted by molar-refractivity contribution is 7.09. The van der Waals surface area contributed by atoms with Gasteiger partial charge < -0.3 is 15.0 Å². The van der Waals surface area contributed by atoms with Gasteiger partial charge in [0.2, 0.25) is 11.6 Å². The molecule has 35 heavy (non-hydrogen) atoms. The van der Waals surface area contributed by atoms with Crippen LogP contribution in [-0.2, 0) is 25.5 Å². The number of amides is 5. The Morgan fingerprint density at radius 2 is 1.91 bits per heavy atom. The number of carbonyl (C=O) groups excluding carboxylic acids is 5. The molecule has 11 heteroatoms. The number of rotatable bonds is 7. The molecule has 1 unspecified atom stereocenters. The van der Waals surface area contributed by atoms with Crippen molar-refractivity contribution in [3.63, 3.8) is 0 Å². The Bertz CT molecular complexity index is 1160. The summed E-state index contributed by atoms with van der Waals surface area (Å²) in [5.41, 5.74) is -1.04. The fourth-order valence-corrected chi connectivity index (χ4v) is 5.29. The monoisotopic (exact) mass is 498 g/mol. The van der Waals surface area contributed by atoms with Gasteiger partial charge in [0.15, 0.2) is 6.61 Å². The third-order valence-corrected chi connectivity index (χ3v) is 6.90. The van der Waals surface area contributed by atoms with Crippen LogP contribution in [0.5, 0.6) is 0 Å². The lowest BCUT2D eigenvalue weighted by Crippen LogP contribution is -2.70. The van der Waals surface area contributed by atoms with Crippen molar-refractivity contribution in [3.05, 3.63) is 52.2 Å². The molecule has 0 bridgehead atoms. The van der Waals surface area contributed by atoms with Gasteiger partial charge in [-0.3, -0.25) is 24.6 Å². The third-order valence-electron chi connectivity index (χ3n) is 5.97. The van der Waals surface area contributed by atoms with E-state index in [9.17, 15) is 24.0 Å². The average Bonchev–Trinajstić information content (AvgIpc) is 3.46. The smallest absolute Gasteiger partial charge is 0.354 e. The van der Waals surface area contributed by atoms with Crippen LogP contribution >= 0.6 is 11.3 Å². The Morgan fingerprint density at radius 3 is 2.63 bits per heavy atom. The molecule has 1 atom stereocenters. The molecule has 1 fully saturated rings. The van der Waals surface area contributed by atoms with Crippen LogP contribution in [-0.4, -0.2) is 59.5 Å². The molecule has 0 saturated carbocycles. The second kappa shape index (κ2) is 9.87. The van der Waals surface area contributed by atoms with Gasteiger partial charge in [0, 0.05) is 30.3 Å². The number of anilines is 1. The Hall–Kier alpha value is -3.73. The summed E-state index contributed by atoms with van der Waals surface area (Å²) in [6.07, 6.45) is 0.702. The van der Waals surface area contributed by atoms with Gasteiger partial charge in [0.25, 0.3) is 11.8 Å². The number of hydrogen-bond donors (Lipinski definition) is 2. The number of nitrogens with zero attached hydrogens (tertiary/aromatic N) is 2. The van der Waals surface area contributed by atoms with E-state index in [4.69, 9.17) is 4.74 Å². The van der Waals surface area contributed by atoms with Crippen molar-refractivity contribution in [3.8, 4) is 0 Å². The zero-order chi connectivity index (χ0) is 25.2. The van der Waals surface area contributed by atoms with Crippen LogP contribution in [0.2, 0.25) is 0 Å². The van der Waals surface area contributed by atoms with E-state index in [1.165, 1.54) is 9.80 Å². The summed E-state index contributed by atoms with van der Waals surface area (Å²) in [7, 11) is 0. The molecule has 1 aromatic carbocycles. The number of para-hydroxylation sites is 1. The lowest BCUT2D eigenvalue weighted by atomic mass is 9.95. The predicted octanol–water partition coefficient (Wildman–Crippen LogP) is 2.05. The van der Waals surface area contributed by atoms with E-state index in [0.29, 0.717) is 24.2 Å². The summed E-state index contributed by atoms with van der Waals surface area (Å²) in [6, 6.07) is 9.32. The first-order valence-electron chi connectivity index (χ1n) is 11.3. The van der Waals surface area contributed by atoms with Gasteiger partial charge >= 0.3 is 12.0 Å². The largest absolute Gasteiger partial charge is 0.452 e. The molecule has 4 rings (SSSR count). The van der Waals surface area contributed by atoms with E-state index in [2.05, 4.69) is 10.6 Å². The van der Waals surface area contributed by atoms with Crippen LogP contribution in [0.25, 0.3) is 0 Å². The molecule has 2 N–H and O–H groups in total. The Morgan fingerprint density at radius 1 is 1.14 bits per heavy atom. The minimum absolute atomic E-state index is 0.0355. The van der Waals surface area contributed by atoms with E-state index >= 15 is 0 Å². The maximum absolute atomic E-state index is 13.4. The van der Waals surface area contributed by atoms with E-state index in [0.717, 1.165) is 4.88 Å². The number of nitrogens with one attached hydrogen (secondary N) is 2. The normalized spacial score (nSPS) is 18.8. The van der Waals surface area contributed by atoms with E-state index in [-0.39, 0.29) is 18.7 Å². The summed E-state index contributed by atoms with van der Waals surface area (Å²) in [5.74, 6) is -2.43. The molecule has 1 aromatic heterocycles. The number of esters is 1. The SMILES string of the molecule is CC(C)N1C(=O)c2ccccc2N2C(=O)CCC21C(=O)OCC(=O)NC(=O)NCCc1cccs1. The highest BCUT2D eigenvalue weighted by atomic mass is 32.1. The Labute approximate surface area is 206 Å². The maximum atomic E-state index is 13.4. The zero-order valence-electron chi connectivity index (χ0n) is 19.4. The standard InChI is InChI=1S/C24H26N4O6S/c1-15(2)27-21(31)17-7-3-4-8-18(17)28-20(30)9-11-24(27,28)22(32)34-14-19(29)26-23(33)25-12-10-16-6-5-13-35-16/h3-8,13,15H,9-12,14H2,1-2H3,(H2,25,26,29,33). The van der Waals surface area contributed by atoms with Gasteiger partial charge in [-0.15, -0.1) is 11.3 Å². The molecular formula is C24H26N4O6S. The molecular weight excluding hydrogens is 472 g/mol. The predicted molar refractivity (Wildman–Crippen MR) is 128 cm³/mol. The third kappa shape index (κ3) is 4.51.